The number of rotatable bonds is 5. The van der Waals surface area contributed by atoms with Crippen LogP contribution in [0.2, 0.25) is 5.02 Å². The zero-order chi connectivity index (χ0) is 15.9. The molecule has 22 heavy (non-hydrogen) atoms. The van der Waals surface area contributed by atoms with Crippen LogP contribution in [-0.2, 0) is 6.54 Å². The van der Waals surface area contributed by atoms with Crippen LogP contribution in [0, 0.1) is 0 Å². The Labute approximate surface area is 134 Å². The molecule has 0 heterocycles. The van der Waals surface area contributed by atoms with Crippen molar-refractivity contribution in [2.24, 2.45) is 10.7 Å². The number of ether oxygens (including phenoxy) is 2. The second-order valence-corrected chi connectivity index (χ2v) is 4.89. The predicted molar refractivity (Wildman–Crippen MR) is 89.9 cm³/mol. The average molecular weight is 320 g/mol. The first-order valence-corrected chi connectivity index (χ1v) is 7.04. The highest BCUT2D eigenvalue weighted by molar-refractivity contribution is 6.32. The van der Waals surface area contributed by atoms with E-state index in [0.29, 0.717) is 23.3 Å². The predicted octanol–water partition coefficient (Wildman–Crippen LogP) is 3.28. The van der Waals surface area contributed by atoms with Crippen molar-refractivity contribution in [1.82, 2.24) is 0 Å². The van der Waals surface area contributed by atoms with Gasteiger partial charge in [0.1, 0.15) is 11.5 Å². The maximum absolute atomic E-state index is 6.06. The highest BCUT2D eigenvalue weighted by Crippen LogP contribution is 2.27. The van der Waals surface area contributed by atoms with Gasteiger partial charge in [0, 0.05) is 11.3 Å². The Balaban J connectivity index is 2.05. The van der Waals surface area contributed by atoms with Gasteiger partial charge in [-0.15, -0.1) is 0 Å². The first kappa shape index (κ1) is 16.0. The summed E-state index contributed by atoms with van der Waals surface area (Å²) in [5.41, 5.74) is 7.59. The number of nitrogens with zero attached hydrogens (tertiary/aromatic N) is 1. The van der Waals surface area contributed by atoms with Crippen molar-refractivity contribution in [3.63, 3.8) is 0 Å². The minimum Gasteiger partial charge on any atom is -0.496 e. The van der Waals surface area contributed by atoms with E-state index in [9.17, 15) is 0 Å². The molecule has 2 aromatic rings. The van der Waals surface area contributed by atoms with E-state index < -0.39 is 0 Å². The van der Waals surface area contributed by atoms with E-state index in [1.54, 1.807) is 26.4 Å². The highest BCUT2D eigenvalue weighted by atomic mass is 35.5. The molecule has 0 spiro atoms. The third-order valence-electron chi connectivity index (χ3n) is 3.04. The number of halogens is 1. The number of methoxy groups -OCH3 is 2. The zero-order valence-electron chi connectivity index (χ0n) is 12.5. The molecule has 0 aliphatic carbocycles. The van der Waals surface area contributed by atoms with Gasteiger partial charge >= 0.3 is 0 Å². The first-order chi connectivity index (χ1) is 10.6. The molecule has 0 radical (unpaired) electrons. The maximum Gasteiger partial charge on any atom is 0.193 e. The van der Waals surface area contributed by atoms with Gasteiger partial charge in [-0.3, -0.25) is 0 Å². The molecule has 2 rings (SSSR count). The number of anilines is 1. The second-order valence-electron chi connectivity index (χ2n) is 4.49. The monoisotopic (exact) mass is 319 g/mol. The van der Waals surface area contributed by atoms with E-state index in [2.05, 4.69) is 10.3 Å². The molecule has 0 unspecified atom stereocenters. The second kappa shape index (κ2) is 7.56. The Bertz CT molecular complexity index is 674. The molecular weight excluding hydrogens is 302 g/mol. The summed E-state index contributed by atoms with van der Waals surface area (Å²) in [6.45, 7) is 0.423. The number of hydrogen-bond donors (Lipinski definition) is 2. The Hall–Kier alpha value is -2.40. The minimum absolute atomic E-state index is 0.298. The van der Waals surface area contributed by atoms with Crippen LogP contribution >= 0.6 is 11.6 Å². The number of aliphatic imine (C=N–C) groups is 1. The van der Waals surface area contributed by atoms with Crippen molar-refractivity contribution in [1.29, 1.82) is 0 Å². The largest absolute Gasteiger partial charge is 0.496 e. The molecule has 3 N–H and O–H groups in total. The number of guanidine groups is 1. The van der Waals surface area contributed by atoms with Crippen LogP contribution in [-0.4, -0.2) is 20.2 Å². The summed E-state index contributed by atoms with van der Waals surface area (Å²) in [6, 6.07) is 13.0. The van der Waals surface area contributed by atoms with E-state index in [0.717, 1.165) is 17.0 Å². The molecular formula is C16H18ClN3O2. The number of para-hydroxylation sites is 1. The van der Waals surface area contributed by atoms with Crippen molar-refractivity contribution < 1.29 is 9.47 Å². The van der Waals surface area contributed by atoms with Gasteiger partial charge in [0.05, 0.1) is 25.8 Å². The highest BCUT2D eigenvalue weighted by Gasteiger charge is 2.04. The molecule has 0 atom stereocenters. The van der Waals surface area contributed by atoms with Crippen molar-refractivity contribution in [2.45, 2.75) is 6.54 Å². The number of hydrogen-bond acceptors (Lipinski definition) is 3. The number of benzene rings is 2. The van der Waals surface area contributed by atoms with Crippen LogP contribution in [0.1, 0.15) is 5.56 Å². The first-order valence-electron chi connectivity index (χ1n) is 6.66. The van der Waals surface area contributed by atoms with Gasteiger partial charge < -0.3 is 20.5 Å². The van der Waals surface area contributed by atoms with Crippen LogP contribution in [0.4, 0.5) is 5.69 Å². The van der Waals surface area contributed by atoms with Crippen LogP contribution in [0.15, 0.2) is 47.5 Å². The molecule has 116 valence electrons. The molecule has 0 amide bonds. The fraction of sp³-hybridized carbons (Fsp3) is 0.188. The lowest BCUT2D eigenvalue weighted by atomic mass is 10.2. The van der Waals surface area contributed by atoms with E-state index in [1.165, 1.54) is 0 Å². The van der Waals surface area contributed by atoms with Crippen molar-refractivity contribution >= 4 is 23.2 Å². The molecule has 0 saturated heterocycles. The van der Waals surface area contributed by atoms with Gasteiger partial charge in [-0.1, -0.05) is 29.8 Å². The van der Waals surface area contributed by atoms with Gasteiger partial charge in [0.2, 0.25) is 0 Å². The standard InChI is InChI=1S/C16H18ClN3O2/c1-21-14-6-4-3-5-11(14)10-19-16(18)20-12-7-8-15(22-2)13(17)9-12/h3-9H,10H2,1-2H3,(H3,18,19,20). The van der Waals surface area contributed by atoms with Gasteiger partial charge in [-0.05, 0) is 24.3 Å². The fourth-order valence-electron chi connectivity index (χ4n) is 1.94. The molecule has 0 saturated carbocycles. The van der Waals surface area contributed by atoms with Crippen LogP contribution in [0.3, 0.4) is 0 Å². The number of nitrogens with two attached hydrogens (primary N) is 1. The third-order valence-corrected chi connectivity index (χ3v) is 3.33. The quantitative estimate of drug-likeness (QED) is 0.655. The zero-order valence-corrected chi connectivity index (χ0v) is 13.2. The molecule has 0 aliphatic heterocycles. The van der Waals surface area contributed by atoms with Crippen LogP contribution < -0.4 is 20.5 Å². The van der Waals surface area contributed by atoms with Crippen LogP contribution in [0.25, 0.3) is 0 Å². The lowest BCUT2D eigenvalue weighted by molar-refractivity contribution is 0.410. The van der Waals surface area contributed by atoms with E-state index in [-0.39, 0.29) is 0 Å². The Kier molecular flexibility index (Phi) is 5.49. The van der Waals surface area contributed by atoms with Gasteiger partial charge in [-0.25, -0.2) is 4.99 Å². The van der Waals surface area contributed by atoms with Gasteiger partial charge in [0.25, 0.3) is 0 Å². The summed E-state index contributed by atoms with van der Waals surface area (Å²) in [6.07, 6.45) is 0. The van der Waals surface area contributed by atoms with Crippen molar-refractivity contribution in [2.75, 3.05) is 19.5 Å². The summed E-state index contributed by atoms with van der Waals surface area (Å²) >= 11 is 6.06. The van der Waals surface area contributed by atoms with E-state index in [4.69, 9.17) is 26.8 Å². The maximum atomic E-state index is 6.06. The van der Waals surface area contributed by atoms with Crippen molar-refractivity contribution in [3.05, 3.63) is 53.1 Å². The summed E-state index contributed by atoms with van der Waals surface area (Å²) in [5, 5.41) is 3.49. The molecule has 2 aromatic carbocycles. The smallest absolute Gasteiger partial charge is 0.193 e. The molecule has 6 heteroatoms. The summed E-state index contributed by atoms with van der Waals surface area (Å²) < 4.78 is 10.4. The molecule has 0 fully saturated rings. The van der Waals surface area contributed by atoms with Gasteiger partial charge in [0.15, 0.2) is 5.96 Å². The molecule has 0 aromatic heterocycles. The minimum atomic E-state index is 0.298. The lowest BCUT2D eigenvalue weighted by Crippen LogP contribution is -2.22. The third kappa shape index (κ3) is 4.05. The summed E-state index contributed by atoms with van der Waals surface area (Å²) in [7, 11) is 3.20. The molecule has 5 nitrogen and oxygen atoms in total. The number of nitrogens with one attached hydrogen (secondary N) is 1. The van der Waals surface area contributed by atoms with Crippen molar-refractivity contribution in [3.8, 4) is 11.5 Å². The Morgan fingerprint density at radius 1 is 1.14 bits per heavy atom. The fourth-order valence-corrected chi connectivity index (χ4v) is 2.19. The summed E-state index contributed by atoms with van der Waals surface area (Å²) in [5.74, 6) is 1.69. The SMILES string of the molecule is COc1ccc(NC(N)=NCc2ccccc2OC)cc1Cl. The normalized spacial score (nSPS) is 11.1. The Morgan fingerprint density at radius 3 is 2.55 bits per heavy atom. The Morgan fingerprint density at radius 2 is 1.86 bits per heavy atom. The average Bonchev–Trinajstić information content (AvgIpc) is 2.53. The van der Waals surface area contributed by atoms with E-state index >= 15 is 0 Å². The molecule has 0 bridgehead atoms. The lowest BCUT2D eigenvalue weighted by Gasteiger charge is -2.09. The topological polar surface area (TPSA) is 68.9 Å². The molecule has 0 aliphatic rings. The van der Waals surface area contributed by atoms with E-state index in [1.807, 2.05) is 30.3 Å². The van der Waals surface area contributed by atoms with Crippen LogP contribution in [0.5, 0.6) is 11.5 Å². The van der Waals surface area contributed by atoms with Gasteiger partial charge in [-0.2, -0.15) is 0 Å². The summed E-state index contributed by atoms with van der Waals surface area (Å²) in [4.78, 5) is 4.30.